The van der Waals surface area contributed by atoms with Crippen molar-refractivity contribution in [2.45, 2.75) is 18.9 Å². The molecule has 2 saturated heterocycles. The van der Waals surface area contributed by atoms with Gasteiger partial charge in [-0.2, -0.15) is 0 Å². The number of aliphatic hydroxyl groups is 1. The van der Waals surface area contributed by atoms with E-state index in [4.69, 9.17) is 5.73 Å². The molecule has 110 valence electrons. The third kappa shape index (κ3) is 2.60. The molecule has 0 saturated carbocycles. The predicted octanol–water partition coefficient (Wildman–Crippen LogP) is 1.30. The van der Waals surface area contributed by atoms with E-state index in [1.165, 1.54) is 12.1 Å². The molecule has 4 nitrogen and oxygen atoms in total. The first-order valence-electron chi connectivity index (χ1n) is 7.32. The largest absolute Gasteiger partial charge is 0.397 e. The van der Waals surface area contributed by atoms with Gasteiger partial charge >= 0.3 is 0 Å². The highest BCUT2D eigenvalue weighted by atomic mass is 19.1. The molecule has 2 heterocycles. The summed E-state index contributed by atoms with van der Waals surface area (Å²) in [5, 5.41) is 9.28. The zero-order valence-corrected chi connectivity index (χ0v) is 11.6. The van der Waals surface area contributed by atoms with Crippen LogP contribution in [0.5, 0.6) is 0 Å². The van der Waals surface area contributed by atoms with Crippen LogP contribution >= 0.6 is 0 Å². The van der Waals surface area contributed by atoms with Gasteiger partial charge < -0.3 is 15.7 Å². The van der Waals surface area contributed by atoms with Gasteiger partial charge in [0.05, 0.1) is 11.4 Å². The number of nitrogen functional groups attached to an aromatic ring is 1. The van der Waals surface area contributed by atoms with Crippen LogP contribution in [0.1, 0.15) is 12.8 Å². The molecule has 0 amide bonds. The molecule has 3 N–H and O–H groups in total. The summed E-state index contributed by atoms with van der Waals surface area (Å²) < 4.78 is 13.1. The van der Waals surface area contributed by atoms with E-state index in [0.717, 1.165) is 44.7 Å². The van der Waals surface area contributed by atoms with Gasteiger partial charge in [-0.05, 0) is 37.0 Å². The lowest BCUT2D eigenvalue weighted by Gasteiger charge is -2.47. The van der Waals surface area contributed by atoms with Gasteiger partial charge in [-0.1, -0.05) is 0 Å². The Bertz CT molecular complexity index is 482. The number of anilines is 2. The zero-order valence-electron chi connectivity index (χ0n) is 11.6. The second kappa shape index (κ2) is 5.58. The third-order valence-electron chi connectivity index (χ3n) is 4.59. The molecule has 5 heteroatoms. The lowest BCUT2D eigenvalue weighted by atomic mass is 9.91. The van der Waals surface area contributed by atoms with Crippen LogP contribution in [-0.4, -0.2) is 48.8 Å². The first-order valence-corrected chi connectivity index (χ1v) is 7.32. The summed E-state index contributed by atoms with van der Waals surface area (Å²) in [5.74, 6) is 0.141. The fourth-order valence-electron chi connectivity index (χ4n) is 3.44. The van der Waals surface area contributed by atoms with E-state index >= 15 is 0 Å². The second-order valence-electron chi connectivity index (χ2n) is 5.92. The Morgan fingerprint density at radius 3 is 2.85 bits per heavy atom. The Morgan fingerprint density at radius 1 is 1.25 bits per heavy atom. The number of hydrogen-bond acceptors (Lipinski definition) is 4. The molecule has 0 aromatic heterocycles. The summed E-state index contributed by atoms with van der Waals surface area (Å²) in [6, 6.07) is 5.17. The van der Waals surface area contributed by atoms with Crippen molar-refractivity contribution in [1.82, 2.24) is 4.90 Å². The van der Waals surface area contributed by atoms with Crippen molar-refractivity contribution in [3.63, 3.8) is 0 Å². The molecular formula is C15H22FN3O. The Morgan fingerprint density at radius 2 is 2.10 bits per heavy atom. The lowest BCUT2D eigenvalue weighted by molar-refractivity contribution is 0.0674. The van der Waals surface area contributed by atoms with Crippen molar-refractivity contribution in [1.29, 1.82) is 0 Å². The highest BCUT2D eigenvalue weighted by molar-refractivity contribution is 5.67. The van der Waals surface area contributed by atoms with Crippen molar-refractivity contribution in [3.8, 4) is 0 Å². The maximum atomic E-state index is 13.1. The van der Waals surface area contributed by atoms with Gasteiger partial charge in [0.1, 0.15) is 5.82 Å². The standard InChI is InChI=1S/C15H22FN3O/c16-12-2-4-15(14(17)7-12)19-6-5-18-8-11(10-20)1-3-13(18)9-19/h2,4,7,11,13,20H,1,3,5-6,8-10,17H2. The number of halogens is 1. The SMILES string of the molecule is Nc1cc(F)ccc1N1CCN2CC(CO)CCC2C1. The Kier molecular flexibility index (Phi) is 3.81. The highest BCUT2D eigenvalue weighted by Crippen LogP contribution is 2.30. The van der Waals surface area contributed by atoms with Gasteiger partial charge in [0, 0.05) is 38.8 Å². The fraction of sp³-hybridized carbons (Fsp3) is 0.600. The lowest BCUT2D eigenvalue weighted by Crippen LogP contribution is -2.57. The summed E-state index contributed by atoms with van der Waals surface area (Å²) in [7, 11) is 0. The van der Waals surface area contributed by atoms with Crippen molar-refractivity contribution in [2.24, 2.45) is 5.92 Å². The van der Waals surface area contributed by atoms with Crippen molar-refractivity contribution >= 4 is 11.4 Å². The number of rotatable bonds is 2. The van der Waals surface area contributed by atoms with Gasteiger partial charge in [-0.25, -0.2) is 4.39 Å². The maximum absolute atomic E-state index is 13.1. The summed E-state index contributed by atoms with van der Waals surface area (Å²) in [5.41, 5.74) is 7.39. The van der Waals surface area contributed by atoms with Crippen LogP contribution in [-0.2, 0) is 0 Å². The van der Waals surface area contributed by atoms with E-state index in [1.807, 2.05) is 0 Å². The van der Waals surface area contributed by atoms with Gasteiger partial charge in [0.25, 0.3) is 0 Å². The van der Waals surface area contributed by atoms with Gasteiger partial charge in [-0.3, -0.25) is 4.90 Å². The molecule has 0 aliphatic carbocycles. The van der Waals surface area contributed by atoms with Crippen molar-refractivity contribution in [3.05, 3.63) is 24.0 Å². The predicted molar refractivity (Wildman–Crippen MR) is 78.2 cm³/mol. The Labute approximate surface area is 119 Å². The zero-order chi connectivity index (χ0) is 14.1. The molecular weight excluding hydrogens is 257 g/mol. The van der Waals surface area contributed by atoms with Crippen LogP contribution in [0.4, 0.5) is 15.8 Å². The van der Waals surface area contributed by atoms with Crippen LogP contribution in [0.25, 0.3) is 0 Å². The molecule has 1 aromatic carbocycles. The van der Waals surface area contributed by atoms with Crippen LogP contribution in [0.2, 0.25) is 0 Å². The Hall–Kier alpha value is -1.33. The third-order valence-corrected chi connectivity index (χ3v) is 4.59. The minimum absolute atomic E-state index is 0.284. The van der Waals surface area contributed by atoms with Gasteiger partial charge in [-0.15, -0.1) is 0 Å². The molecule has 0 radical (unpaired) electrons. The smallest absolute Gasteiger partial charge is 0.125 e. The first-order chi connectivity index (χ1) is 9.67. The van der Waals surface area contributed by atoms with E-state index in [1.54, 1.807) is 6.07 Å². The van der Waals surface area contributed by atoms with E-state index in [0.29, 0.717) is 17.6 Å². The minimum Gasteiger partial charge on any atom is -0.397 e. The molecule has 2 aliphatic rings. The topological polar surface area (TPSA) is 52.7 Å². The number of nitrogens with two attached hydrogens (primary N) is 1. The number of piperidine rings is 1. The molecule has 2 fully saturated rings. The Balaban J connectivity index is 1.70. The van der Waals surface area contributed by atoms with E-state index in [2.05, 4.69) is 9.80 Å². The van der Waals surface area contributed by atoms with Gasteiger partial charge in [0.15, 0.2) is 0 Å². The minimum atomic E-state index is -0.284. The van der Waals surface area contributed by atoms with Crippen LogP contribution < -0.4 is 10.6 Å². The number of fused-ring (bicyclic) bond motifs is 1. The normalized spacial score (nSPS) is 27.4. The second-order valence-corrected chi connectivity index (χ2v) is 5.92. The summed E-state index contributed by atoms with van der Waals surface area (Å²) in [6.07, 6.45) is 2.20. The van der Waals surface area contributed by atoms with E-state index in [9.17, 15) is 9.50 Å². The van der Waals surface area contributed by atoms with E-state index in [-0.39, 0.29) is 12.4 Å². The fourth-order valence-corrected chi connectivity index (χ4v) is 3.44. The molecule has 0 bridgehead atoms. The maximum Gasteiger partial charge on any atom is 0.125 e. The van der Waals surface area contributed by atoms with Crippen molar-refractivity contribution < 1.29 is 9.50 Å². The average molecular weight is 279 g/mol. The summed E-state index contributed by atoms with van der Waals surface area (Å²) in [6.45, 7) is 4.11. The average Bonchev–Trinajstić information content (AvgIpc) is 2.46. The summed E-state index contributed by atoms with van der Waals surface area (Å²) in [4.78, 5) is 4.73. The van der Waals surface area contributed by atoms with Crippen LogP contribution in [0.15, 0.2) is 18.2 Å². The molecule has 2 aliphatic heterocycles. The molecule has 3 rings (SSSR count). The number of nitrogens with zero attached hydrogens (tertiary/aromatic N) is 2. The van der Waals surface area contributed by atoms with Crippen molar-refractivity contribution in [2.75, 3.05) is 43.4 Å². The molecule has 0 spiro atoms. The van der Waals surface area contributed by atoms with Crippen LogP contribution in [0.3, 0.4) is 0 Å². The van der Waals surface area contributed by atoms with E-state index < -0.39 is 0 Å². The molecule has 20 heavy (non-hydrogen) atoms. The molecule has 2 unspecified atom stereocenters. The molecule has 1 aromatic rings. The summed E-state index contributed by atoms with van der Waals surface area (Å²) >= 11 is 0. The highest BCUT2D eigenvalue weighted by Gasteiger charge is 2.32. The van der Waals surface area contributed by atoms with Gasteiger partial charge in [0.2, 0.25) is 0 Å². The number of hydrogen-bond donors (Lipinski definition) is 2. The number of benzene rings is 1. The van der Waals surface area contributed by atoms with Crippen LogP contribution in [0, 0.1) is 11.7 Å². The molecule has 2 atom stereocenters. The number of aliphatic hydroxyl groups excluding tert-OH is 1. The number of piperazine rings is 1. The first kappa shape index (κ1) is 13.6. The monoisotopic (exact) mass is 279 g/mol. The quantitative estimate of drug-likeness (QED) is 0.801.